The average Bonchev–Trinajstić information content (AvgIpc) is 2.74. The van der Waals surface area contributed by atoms with E-state index in [-0.39, 0.29) is 0 Å². The third-order valence-electron chi connectivity index (χ3n) is 2.17. The van der Waals surface area contributed by atoms with Crippen LogP contribution >= 0.6 is 59.1 Å². The van der Waals surface area contributed by atoms with Crippen LogP contribution < -0.4 is 4.74 Å². The third kappa shape index (κ3) is 3.81. The molecule has 0 aliphatic rings. The number of rotatable bonds is 4. The fourth-order valence-electron chi connectivity index (χ4n) is 1.33. The standard InChI is InChI=1S/C12H9Br3OS/c13-6-8-5-9(1-3-11(8)14)16-7-10-2-4-12(15)17-10/h1-5H,6-7H2. The van der Waals surface area contributed by atoms with Gasteiger partial charge in [0, 0.05) is 14.7 Å². The van der Waals surface area contributed by atoms with Crippen molar-refractivity contribution < 1.29 is 4.74 Å². The summed E-state index contributed by atoms with van der Waals surface area (Å²) in [7, 11) is 0. The molecule has 0 N–H and O–H groups in total. The molecule has 1 heterocycles. The maximum atomic E-state index is 5.75. The molecule has 0 spiro atoms. The molecule has 1 aromatic heterocycles. The van der Waals surface area contributed by atoms with Gasteiger partial charge in [0.1, 0.15) is 12.4 Å². The topological polar surface area (TPSA) is 9.23 Å². The first-order valence-corrected chi connectivity index (χ1v) is 8.43. The van der Waals surface area contributed by atoms with Crippen LogP contribution in [0, 0.1) is 0 Å². The number of hydrogen-bond acceptors (Lipinski definition) is 2. The Morgan fingerprint density at radius 2 is 1.94 bits per heavy atom. The second-order valence-electron chi connectivity index (χ2n) is 3.38. The van der Waals surface area contributed by atoms with Crippen LogP contribution in [-0.2, 0) is 11.9 Å². The van der Waals surface area contributed by atoms with Crippen LogP contribution in [0.2, 0.25) is 0 Å². The molecule has 1 nitrogen and oxygen atoms in total. The zero-order valence-electron chi connectivity index (χ0n) is 8.75. The summed E-state index contributed by atoms with van der Waals surface area (Å²) in [6.07, 6.45) is 0. The lowest BCUT2D eigenvalue weighted by molar-refractivity contribution is 0.309. The lowest BCUT2D eigenvalue weighted by Crippen LogP contribution is -1.93. The molecule has 2 aromatic rings. The van der Waals surface area contributed by atoms with Crippen molar-refractivity contribution in [2.75, 3.05) is 0 Å². The van der Waals surface area contributed by atoms with E-state index in [2.05, 4.69) is 53.9 Å². The first-order chi connectivity index (χ1) is 8.19. The van der Waals surface area contributed by atoms with Crippen LogP contribution in [0.4, 0.5) is 0 Å². The highest BCUT2D eigenvalue weighted by Gasteiger charge is 2.03. The Morgan fingerprint density at radius 1 is 1.12 bits per heavy atom. The first kappa shape index (κ1) is 13.6. The predicted octanol–water partition coefficient (Wildman–Crippen LogP) is 5.75. The van der Waals surface area contributed by atoms with E-state index in [1.807, 2.05) is 24.3 Å². The molecule has 0 bridgehead atoms. The monoisotopic (exact) mass is 438 g/mol. The zero-order chi connectivity index (χ0) is 12.3. The second kappa shape index (κ2) is 6.36. The van der Waals surface area contributed by atoms with Gasteiger partial charge >= 0.3 is 0 Å². The Hall–Kier alpha value is 0.160. The van der Waals surface area contributed by atoms with Crippen molar-refractivity contribution in [2.24, 2.45) is 0 Å². The Bertz CT molecular complexity index is 510. The van der Waals surface area contributed by atoms with Gasteiger partial charge in [-0.25, -0.2) is 0 Å². The number of ether oxygens (including phenoxy) is 1. The summed E-state index contributed by atoms with van der Waals surface area (Å²) in [5.41, 5.74) is 1.19. The molecule has 0 fully saturated rings. The van der Waals surface area contributed by atoms with E-state index in [9.17, 15) is 0 Å². The third-order valence-corrected chi connectivity index (χ3v) is 5.15. The van der Waals surface area contributed by atoms with Crippen molar-refractivity contribution in [2.45, 2.75) is 11.9 Å². The van der Waals surface area contributed by atoms with Gasteiger partial charge in [-0.05, 0) is 51.8 Å². The number of thiophene rings is 1. The minimum atomic E-state index is 0.611. The predicted molar refractivity (Wildman–Crippen MR) is 83.1 cm³/mol. The molecular formula is C12H9Br3OS. The van der Waals surface area contributed by atoms with Gasteiger partial charge in [-0.1, -0.05) is 31.9 Å². The molecular weight excluding hydrogens is 432 g/mol. The highest BCUT2D eigenvalue weighted by molar-refractivity contribution is 9.11. The molecule has 1 aromatic carbocycles. The maximum absolute atomic E-state index is 5.75. The van der Waals surface area contributed by atoms with Crippen molar-refractivity contribution in [3.05, 3.63) is 49.0 Å². The first-order valence-electron chi connectivity index (χ1n) is 4.90. The summed E-state index contributed by atoms with van der Waals surface area (Å²) >= 11 is 12.1. The quantitative estimate of drug-likeness (QED) is 0.550. The summed E-state index contributed by atoms with van der Waals surface area (Å²) < 4.78 is 7.98. The Labute approximate surface area is 130 Å². The fourth-order valence-corrected chi connectivity index (χ4v) is 3.95. The lowest BCUT2D eigenvalue weighted by atomic mass is 10.2. The van der Waals surface area contributed by atoms with Gasteiger partial charge in [0.05, 0.1) is 3.79 Å². The Morgan fingerprint density at radius 3 is 2.59 bits per heavy atom. The summed E-state index contributed by atoms with van der Waals surface area (Å²) in [6, 6.07) is 10.1. The van der Waals surface area contributed by atoms with Crippen molar-refractivity contribution in [1.82, 2.24) is 0 Å². The molecule has 0 unspecified atom stereocenters. The van der Waals surface area contributed by atoms with Gasteiger partial charge in [0.15, 0.2) is 0 Å². The Kier molecular flexibility index (Phi) is 5.09. The van der Waals surface area contributed by atoms with Crippen molar-refractivity contribution in [3.8, 4) is 5.75 Å². The maximum Gasteiger partial charge on any atom is 0.122 e. The van der Waals surface area contributed by atoms with E-state index in [1.54, 1.807) is 11.3 Å². The molecule has 0 amide bonds. The molecule has 0 radical (unpaired) electrons. The van der Waals surface area contributed by atoms with Crippen molar-refractivity contribution in [1.29, 1.82) is 0 Å². The van der Waals surface area contributed by atoms with Crippen LogP contribution in [0.15, 0.2) is 38.6 Å². The van der Waals surface area contributed by atoms with Crippen LogP contribution in [0.3, 0.4) is 0 Å². The van der Waals surface area contributed by atoms with Crippen LogP contribution in [0.5, 0.6) is 5.75 Å². The second-order valence-corrected chi connectivity index (χ2v) is 7.34. The minimum absolute atomic E-state index is 0.611. The SMILES string of the molecule is BrCc1cc(OCc2ccc(Br)s2)ccc1Br. The van der Waals surface area contributed by atoms with Crippen molar-refractivity contribution in [3.63, 3.8) is 0 Å². The average molecular weight is 441 g/mol. The van der Waals surface area contributed by atoms with Gasteiger partial charge < -0.3 is 4.74 Å². The molecule has 0 atom stereocenters. The number of benzene rings is 1. The molecule has 0 aliphatic carbocycles. The Balaban J connectivity index is 2.04. The van der Waals surface area contributed by atoms with E-state index < -0.39 is 0 Å². The molecule has 5 heteroatoms. The van der Waals surface area contributed by atoms with Gasteiger partial charge in [0.2, 0.25) is 0 Å². The van der Waals surface area contributed by atoms with E-state index in [1.165, 1.54) is 10.4 Å². The van der Waals surface area contributed by atoms with E-state index in [0.717, 1.165) is 19.3 Å². The van der Waals surface area contributed by atoms with Crippen molar-refractivity contribution >= 4 is 59.1 Å². The summed E-state index contributed by atoms with van der Waals surface area (Å²) in [5, 5.41) is 0.815. The molecule has 17 heavy (non-hydrogen) atoms. The smallest absolute Gasteiger partial charge is 0.122 e. The number of halogens is 3. The number of alkyl halides is 1. The highest BCUT2D eigenvalue weighted by Crippen LogP contribution is 2.27. The van der Waals surface area contributed by atoms with Gasteiger partial charge in [-0.2, -0.15) is 0 Å². The van der Waals surface area contributed by atoms with Crippen LogP contribution in [0.1, 0.15) is 10.4 Å². The molecule has 0 saturated carbocycles. The summed E-state index contributed by atoms with van der Waals surface area (Å²) in [6.45, 7) is 0.611. The van der Waals surface area contributed by atoms with E-state index in [0.29, 0.717) is 6.61 Å². The molecule has 90 valence electrons. The van der Waals surface area contributed by atoms with E-state index >= 15 is 0 Å². The van der Waals surface area contributed by atoms with E-state index in [4.69, 9.17) is 4.74 Å². The van der Waals surface area contributed by atoms with Gasteiger partial charge in [-0.3, -0.25) is 0 Å². The molecule has 2 rings (SSSR count). The zero-order valence-corrected chi connectivity index (χ0v) is 14.3. The van der Waals surface area contributed by atoms with Crippen LogP contribution in [-0.4, -0.2) is 0 Å². The number of hydrogen-bond donors (Lipinski definition) is 0. The van der Waals surface area contributed by atoms with Gasteiger partial charge in [0.25, 0.3) is 0 Å². The highest BCUT2D eigenvalue weighted by atomic mass is 79.9. The summed E-state index contributed by atoms with van der Waals surface area (Å²) in [4.78, 5) is 1.21. The summed E-state index contributed by atoms with van der Waals surface area (Å²) in [5.74, 6) is 0.896. The normalized spacial score (nSPS) is 10.5. The largest absolute Gasteiger partial charge is 0.488 e. The lowest BCUT2D eigenvalue weighted by Gasteiger charge is -2.07. The molecule has 0 saturated heterocycles. The molecule has 0 aliphatic heterocycles. The minimum Gasteiger partial charge on any atom is -0.488 e. The van der Waals surface area contributed by atoms with Crippen LogP contribution in [0.25, 0.3) is 0 Å². The fraction of sp³-hybridized carbons (Fsp3) is 0.167. The van der Waals surface area contributed by atoms with Gasteiger partial charge in [-0.15, -0.1) is 11.3 Å².